The Kier molecular flexibility index (Phi) is 4.67. The molecule has 0 saturated heterocycles. The smallest absolute Gasteiger partial charge is 0.192 e. The third kappa shape index (κ3) is 3.31. The standard InChI is InChI=1S/C4HCl4F/c5-1-2(6)3(7)4(8)9/h1H/b2-1-,4-3-. The van der Waals surface area contributed by atoms with Crippen molar-refractivity contribution in [1.82, 2.24) is 0 Å². The van der Waals surface area contributed by atoms with Gasteiger partial charge < -0.3 is 0 Å². The molecule has 0 aliphatic heterocycles. The normalized spacial score (nSPS) is 15.4. The van der Waals surface area contributed by atoms with E-state index in [2.05, 4.69) is 0 Å². The minimum atomic E-state index is -1.07. The van der Waals surface area contributed by atoms with Crippen molar-refractivity contribution in [3.63, 3.8) is 0 Å². The Bertz CT molecular complexity index is 156. The Hall–Kier alpha value is 0.570. The molecule has 0 fully saturated rings. The Morgan fingerprint density at radius 2 is 1.67 bits per heavy atom. The Morgan fingerprint density at radius 3 is 1.78 bits per heavy atom. The summed E-state index contributed by atoms with van der Waals surface area (Å²) in [5.41, 5.74) is 0.922. The van der Waals surface area contributed by atoms with Crippen molar-refractivity contribution >= 4 is 46.4 Å². The average Bonchev–Trinajstić information content (AvgIpc) is 1.84. The molecule has 0 aromatic heterocycles. The maximum Gasteiger partial charge on any atom is 0.209 e. The minimum Gasteiger partial charge on any atom is -0.192 e. The summed E-state index contributed by atoms with van der Waals surface area (Å²) < 4.78 is 11.9. The van der Waals surface area contributed by atoms with Crippen molar-refractivity contribution < 1.29 is 4.39 Å². The summed E-state index contributed by atoms with van der Waals surface area (Å²) in [6.45, 7) is 0. The van der Waals surface area contributed by atoms with E-state index in [0.29, 0.717) is 0 Å². The fraction of sp³-hybridized carbons (Fsp3) is 0. The van der Waals surface area contributed by atoms with E-state index in [9.17, 15) is 4.39 Å². The first-order valence-electron chi connectivity index (χ1n) is 1.76. The molecule has 0 amide bonds. The van der Waals surface area contributed by atoms with Crippen LogP contribution in [-0.4, -0.2) is 0 Å². The van der Waals surface area contributed by atoms with Gasteiger partial charge in [-0.25, -0.2) is 0 Å². The van der Waals surface area contributed by atoms with Crippen molar-refractivity contribution in [2.45, 2.75) is 0 Å². The number of hydrogen-bond donors (Lipinski definition) is 0. The summed E-state index contributed by atoms with van der Waals surface area (Å²) in [7, 11) is 0. The molecule has 0 rings (SSSR count). The number of rotatable bonds is 1. The minimum absolute atomic E-state index is 0.120. The van der Waals surface area contributed by atoms with Crippen LogP contribution in [0, 0.1) is 0 Å². The largest absolute Gasteiger partial charge is 0.209 e. The summed E-state index contributed by atoms with van der Waals surface area (Å²) >= 11 is 20.2. The molecule has 0 radical (unpaired) electrons. The molecule has 0 nitrogen and oxygen atoms in total. The molecule has 0 unspecified atom stereocenters. The number of hydrogen-bond acceptors (Lipinski definition) is 0. The summed E-state index contributed by atoms with van der Waals surface area (Å²) in [6, 6.07) is 0. The molecule has 0 aromatic carbocycles. The van der Waals surface area contributed by atoms with Crippen molar-refractivity contribution in [3.05, 3.63) is 20.9 Å². The zero-order valence-electron chi connectivity index (χ0n) is 3.97. The quantitative estimate of drug-likeness (QED) is 0.575. The summed E-state index contributed by atoms with van der Waals surface area (Å²) in [4.78, 5) is 0. The first kappa shape index (κ1) is 9.57. The van der Waals surface area contributed by atoms with Gasteiger partial charge in [0, 0.05) is 5.54 Å². The topological polar surface area (TPSA) is 0 Å². The van der Waals surface area contributed by atoms with Crippen LogP contribution in [0.5, 0.6) is 0 Å². The highest BCUT2D eigenvalue weighted by Crippen LogP contribution is 2.25. The van der Waals surface area contributed by atoms with Crippen LogP contribution < -0.4 is 0 Å². The van der Waals surface area contributed by atoms with E-state index >= 15 is 0 Å². The highest BCUT2D eigenvalue weighted by molar-refractivity contribution is 6.49. The lowest BCUT2D eigenvalue weighted by atomic mass is 10.6. The zero-order valence-corrected chi connectivity index (χ0v) is 6.99. The molecular formula is C4HCl4F. The van der Waals surface area contributed by atoms with Gasteiger partial charge in [-0.2, -0.15) is 4.39 Å². The maximum atomic E-state index is 11.9. The second-order valence-electron chi connectivity index (χ2n) is 1.03. The van der Waals surface area contributed by atoms with E-state index in [1.807, 2.05) is 0 Å². The van der Waals surface area contributed by atoms with E-state index in [4.69, 9.17) is 46.4 Å². The monoisotopic (exact) mass is 208 g/mol. The van der Waals surface area contributed by atoms with Gasteiger partial charge in [0.15, 0.2) is 0 Å². The Labute approximate surface area is 71.8 Å². The molecule has 0 aliphatic carbocycles. The van der Waals surface area contributed by atoms with E-state index in [1.54, 1.807) is 0 Å². The van der Waals surface area contributed by atoms with E-state index in [-0.39, 0.29) is 10.1 Å². The molecule has 0 atom stereocenters. The predicted molar refractivity (Wildman–Crippen MR) is 39.6 cm³/mol. The fourth-order valence-corrected chi connectivity index (χ4v) is 0.591. The molecule has 9 heavy (non-hydrogen) atoms. The molecule has 0 bridgehead atoms. The predicted octanol–water partition coefficient (Wildman–Crippen LogP) is 3.92. The second-order valence-corrected chi connectivity index (χ2v) is 2.37. The van der Waals surface area contributed by atoms with Gasteiger partial charge in [0.05, 0.1) is 5.03 Å². The molecule has 0 aliphatic rings. The van der Waals surface area contributed by atoms with Crippen LogP contribution in [0.25, 0.3) is 0 Å². The van der Waals surface area contributed by atoms with Gasteiger partial charge >= 0.3 is 0 Å². The molecule has 0 aromatic rings. The Balaban J connectivity index is 4.40. The fourth-order valence-electron chi connectivity index (χ4n) is 0.138. The van der Waals surface area contributed by atoms with Crippen molar-refractivity contribution in [3.8, 4) is 0 Å². The van der Waals surface area contributed by atoms with Crippen LogP contribution >= 0.6 is 46.4 Å². The third-order valence-electron chi connectivity index (χ3n) is 0.471. The van der Waals surface area contributed by atoms with Gasteiger partial charge in [-0.1, -0.05) is 34.8 Å². The first-order valence-corrected chi connectivity index (χ1v) is 3.33. The van der Waals surface area contributed by atoms with Crippen LogP contribution in [0.3, 0.4) is 0 Å². The SMILES string of the molecule is F/C(Cl)=C(Cl)/C(Cl)=C/Cl. The summed E-state index contributed by atoms with van der Waals surface area (Å²) in [6.07, 6.45) is 0. The van der Waals surface area contributed by atoms with Crippen LogP contribution in [0.1, 0.15) is 0 Å². The molecule has 52 valence electrons. The highest BCUT2D eigenvalue weighted by atomic mass is 35.5. The van der Waals surface area contributed by atoms with E-state index in [1.165, 1.54) is 0 Å². The molecule has 0 saturated carbocycles. The van der Waals surface area contributed by atoms with Gasteiger partial charge in [0.1, 0.15) is 5.03 Å². The van der Waals surface area contributed by atoms with Crippen LogP contribution in [0.15, 0.2) is 20.9 Å². The lowest BCUT2D eigenvalue weighted by Crippen LogP contribution is -1.70. The van der Waals surface area contributed by atoms with E-state index < -0.39 is 5.29 Å². The van der Waals surface area contributed by atoms with Crippen LogP contribution in [0.4, 0.5) is 4.39 Å². The maximum absolute atomic E-state index is 11.9. The Morgan fingerprint density at radius 1 is 1.22 bits per heavy atom. The molecule has 0 N–H and O–H groups in total. The summed E-state index contributed by atoms with van der Waals surface area (Å²) in [5.74, 6) is 0. The zero-order chi connectivity index (χ0) is 7.44. The molecule has 0 spiro atoms. The van der Waals surface area contributed by atoms with Crippen LogP contribution in [-0.2, 0) is 0 Å². The van der Waals surface area contributed by atoms with Gasteiger partial charge in [-0.05, 0) is 11.6 Å². The van der Waals surface area contributed by atoms with Crippen molar-refractivity contribution in [2.24, 2.45) is 0 Å². The first-order chi connectivity index (χ1) is 4.09. The van der Waals surface area contributed by atoms with Crippen molar-refractivity contribution in [1.29, 1.82) is 0 Å². The molecular weight excluding hydrogens is 209 g/mol. The number of halogens is 5. The lowest BCUT2D eigenvalue weighted by Gasteiger charge is -1.90. The van der Waals surface area contributed by atoms with Gasteiger partial charge in [0.25, 0.3) is 0 Å². The second kappa shape index (κ2) is 4.40. The average molecular weight is 210 g/mol. The molecule has 0 heterocycles. The van der Waals surface area contributed by atoms with E-state index in [0.717, 1.165) is 5.54 Å². The van der Waals surface area contributed by atoms with Gasteiger partial charge in [-0.3, -0.25) is 0 Å². The van der Waals surface area contributed by atoms with Gasteiger partial charge in [0.2, 0.25) is 5.29 Å². The lowest BCUT2D eigenvalue weighted by molar-refractivity contribution is 0.692. The highest BCUT2D eigenvalue weighted by Gasteiger charge is 2.03. The van der Waals surface area contributed by atoms with Crippen LogP contribution in [0.2, 0.25) is 0 Å². The molecule has 5 heteroatoms. The summed E-state index contributed by atoms with van der Waals surface area (Å²) in [5, 5.41) is -1.57. The third-order valence-corrected chi connectivity index (χ3v) is 1.85. The van der Waals surface area contributed by atoms with Gasteiger partial charge in [-0.15, -0.1) is 0 Å². The number of allylic oxidation sites excluding steroid dienone is 2. The van der Waals surface area contributed by atoms with Crippen molar-refractivity contribution in [2.75, 3.05) is 0 Å².